The molecule has 2 heterocycles. The van der Waals surface area contributed by atoms with Crippen LogP contribution in [0.1, 0.15) is 11.3 Å². The Morgan fingerprint density at radius 2 is 1.85 bits per heavy atom. The first-order chi connectivity index (χ1) is 12.6. The third-order valence-corrected chi connectivity index (χ3v) is 5.09. The molecule has 0 radical (unpaired) electrons. The normalized spacial score (nSPS) is 11.0. The molecule has 0 amide bonds. The SMILES string of the molecule is COc1ccc(Cc2nn3c(-c4ccc(Cl)cc4)csc3nc2=O)cc1. The highest BCUT2D eigenvalue weighted by atomic mass is 35.5. The van der Waals surface area contributed by atoms with E-state index in [1.807, 2.05) is 53.9 Å². The van der Waals surface area contributed by atoms with Crippen molar-refractivity contribution in [3.8, 4) is 17.0 Å². The lowest BCUT2D eigenvalue weighted by molar-refractivity contribution is 0.414. The van der Waals surface area contributed by atoms with E-state index in [1.54, 1.807) is 11.6 Å². The fourth-order valence-corrected chi connectivity index (χ4v) is 3.61. The second kappa shape index (κ2) is 6.90. The van der Waals surface area contributed by atoms with E-state index in [4.69, 9.17) is 16.3 Å². The first-order valence-electron chi connectivity index (χ1n) is 7.90. The number of thiazole rings is 1. The van der Waals surface area contributed by atoms with Crippen LogP contribution in [0.5, 0.6) is 5.75 Å². The number of hydrogen-bond donors (Lipinski definition) is 0. The molecule has 7 heteroatoms. The third-order valence-electron chi connectivity index (χ3n) is 4.02. The Bertz CT molecular complexity index is 1120. The quantitative estimate of drug-likeness (QED) is 0.533. The summed E-state index contributed by atoms with van der Waals surface area (Å²) in [6.45, 7) is 0. The second-order valence-electron chi connectivity index (χ2n) is 5.71. The summed E-state index contributed by atoms with van der Waals surface area (Å²) in [5, 5.41) is 7.17. The Labute approximate surface area is 158 Å². The molecule has 0 fully saturated rings. The van der Waals surface area contributed by atoms with E-state index in [9.17, 15) is 4.79 Å². The predicted molar refractivity (Wildman–Crippen MR) is 103 cm³/mol. The van der Waals surface area contributed by atoms with E-state index in [2.05, 4.69) is 10.1 Å². The first kappa shape index (κ1) is 16.8. The zero-order valence-electron chi connectivity index (χ0n) is 13.8. The number of rotatable bonds is 4. The predicted octanol–water partition coefficient (Wildman–Crippen LogP) is 4.07. The zero-order valence-corrected chi connectivity index (χ0v) is 15.4. The summed E-state index contributed by atoms with van der Waals surface area (Å²) in [5.74, 6) is 0.773. The number of ether oxygens (including phenoxy) is 1. The molecule has 0 aliphatic carbocycles. The van der Waals surface area contributed by atoms with E-state index >= 15 is 0 Å². The number of halogens is 1. The maximum atomic E-state index is 12.3. The fourth-order valence-electron chi connectivity index (χ4n) is 2.66. The molecule has 2 aromatic heterocycles. The molecule has 130 valence electrons. The van der Waals surface area contributed by atoms with Crippen LogP contribution in [-0.2, 0) is 6.42 Å². The zero-order chi connectivity index (χ0) is 18.1. The minimum Gasteiger partial charge on any atom is -0.497 e. The summed E-state index contributed by atoms with van der Waals surface area (Å²) in [7, 11) is 1.62. The highest BCUT2D eigenvalue weighted by Gasteiger charge is 2.12. The van der Waals surface area contributed by atoms with Gasteiger partial charge in [-0.2, -0.15) is 10.1 Å². The van der Waals surface area contributed by atoms with Crippen molar-refractivity contribution in [1.29, 1.82) is 0 Å². The van der Waals surface area contributed by atoms with Gasteiger partial charge in [0.15, 0.2) is 0 Å². The van der Waals surface area contributed by atoms with Gasteiger partial charge >= 0.3 is 0 Å². The largest absolute Gasteiger partial charge is 0.497 e. The average molecular weight is 384 g/mol. The van der Waals surface area contributed by atoms with Crippen molar-refractivity contribution in [2.24, 2.45) is 0 Å². The number of fused-ring (bicyclic) bond motifs is 1. The van der Waals surface area contributed by atoms with Gasteiger partial charge in [0.05, 0.1) is 12.8 Å². The lowest BCUT2D eigenvalue weighted by Crippen LogP contribution is -2.18. The van der Waals surface area contributed by atoms with Gasteiger partial charge in [0.2, 0.25) is 4.96 Å². The van der Waals surface area contributed by atoms with Crippen molar-refractivity contribution < 1.29 is 4.74 Å². The number of hydrogen-bond acceptors (Lipinski definition) is 5. The minimum absolute atomic E-state index is 0.301. The van der Waals surface area contributed by atoms with Gasteiger partial charge in [-0.15, -0.1) is 11.3 Å². The van der Waals surface area contributed by atoms with Crippen LogP contribution in [0.25, 0.3) is 16.2 Å². The number of methoxy groups -OCH3 is 1. The van der Waals surface area contributed by atoms with Crippen molar-refractivity contribution in [2.75, 3.05) is 7.11 Å². The molecule has 2 aromatic carbocycles. The summed E-state index contributed by atoms with van der Waals surface area (Å²) in [5.41, 5.74) is 2.92. The van der Waals surface area contributed by atoms with Crippen molar-refractivity contribution >= 4 is 27.9 Å². The Morgan fingerprint density at radius 3 is 2.54 bits per heavy atom. The molecule has 0 bridgehead atoms. The Kier molecular flexibility index (Phi) is 4.44. The van der Waals surface area contributed by atoms with Gasteiger partial charge < -0.3 is 4.74 Å². The summed E-state index contributed by atoms with van der Waals surface area (Å²) in [6, 6.07) is 15.1. The van der Waals surface area contributed by atoms with Gasteiger partial charge in [0.1, 0.15) is 11.4 Å². The van der Waals surface area contributed by atoms with Gasteiger partial charge in [-0.05, 0) is 29.8 Å². The van der Waals surface area contributed by atoms with Crippen LogP contribution < -0.4 is 10.3 Å². The minimum atomic E-state index is -0.301. The van der Waals surface area contributed by atoms with E-state index < -0.39 is 0 Å². The topological polar surface area (TPSA) is 56.5 Å². The fraction of sp³-hybridized carbons (Fsp3) is 0.105. The van der Waals surface area contributed by atoms with E-state index in [0.717, 1.165) is 22.6 Å². The third kappa shape index (κ3) is 3.21. The van der Waals surface area contributed by atoms with Gasteiger partial charge in [-0.25, -0.2) is 4.52 Å². The number of benzene rings is 2. The lowest BCUT2D eigenvalue weighted by Gasteiger charge is -2.05. The molecule has 0 atom stereocenters. The first-order valence-corrected chi connectivity index (χ1v) is 9.16. The molecule has 26 heavy (non-hydrogen) atoms. The van der Waals surface area contributed by atoms with Crippen LogP contribution in [-0.4, -0.2) is 21.7 Å². The Morgan fingerprint density at radius 1 is 1.12 bits per heavy atom. The Balaban J connectivity index is 1.75. The van der Waals surface area contributed by atoms with Gasteiger partial charge in [-0.1, -0.05) is 35.9 Å². The van der Waals surface area contributed by atoms with Crippen molar-refractivity contribution in [3.05, 3.63) is 80.5 Å². The molecule has 0 unspecified atom stereocenters. The molecular formula is C19H14ClN3O2S. The molecule has 5 nitrogen and oxygen atoms in total. The molecule has 4 aromatic rings. The van der Waals surface area contributed by atoms with Crippen molar-refractivity contribution in [2.45, 2.75) is 6.42 Å². The van der Waals surface area contributed by atoms with Crippen LogP contribution in [0.4, 0.5) is 0 Å². The van der Waals surface area contributed by atoms with Gasteiger partial charge in [-0.3, -0.25) is 4.79 Å². The number of aromatic nitrogens is 3. The molecule has 0 saturated heterocycles. The summed E-state index contributed by atoms with van der Waals surface area (Å²) >= 11 is 7.35. The van der Waals surface area contributed by atoms with Crippen LogP contribution in [0.2, 0.25) is 5.02 Å². The summed E-state index contributed by atoms with van der Waals surface area (Å²) in [4.78, 5) is 17.1. The molecule has 0 N–H and O–H groups in total. The van der Waals surface area contributed by atoms with Crippen LogP contribution in [0.15, 0.2) is 58.7 Å². The van der Waals surface area contributed by atoms with Crippen molar-refractivity contribution in [3.63, 3.8) is 0 Å². The number of nitrogens with zero attached hydrogens (tertiary/aromatic N) is 3. The van der Waals surface area contributed by atoms with Crippen LogP contribution in [0, 0.1) is 0 Å². The average Bonchev–Trinajstić information content (AvgIpc) is 3.06. The van der Waals surface area contributed by atoms with E-state index in [0.29, 0.717) is 22.1 Å². The molecule has 4 rings (SSSR count). The summed E-state index contributed by atoms with van der Waals surface area (Å²) in [6.07, 6.45) is 0.411. The van der Waals surface area contributed by atoms with Crippen LogP contribution in [0.3, 0.4) is 0 Å². The van der Waals surface area contributed by atoms with Gasteiger partial charge in [0.25, 0.3) is 5.56 Å². The molecular weight excluding hydrogens is 370 g/mol. The van der Waals surface area contributed by atoms with Gasteiger partial charge in [0, 0.05) is 22.4 Å². The standard InChI is InChI=1S/C19H14ClN3O2S/c1-25-15-8-2-12(3-9-15)10-16-18(24)21-19-23(22-16)17(11-26-19)13-4-6-14(20)7-5-13/h2-9,11H,10H2,1H3. The lowest BCUT2D eigenvalue weighted by atomic mass is 10.1. The van der Waals surface area contributed by atoms with Crippen molar-refractivity contribution in [1.82, 2.24) is 14.6 Å². The maximum Gasteiger partial charge on any atom is 0.296 e. The maximum absolute atomic E-state index is 12.3. The summed E-state index contributed by atoms with van der Waals surface area (Å²) < 4.78 is 6.88. The van der Waals surface area contributed by atoms with E-state index in [1.165, 1.54) is 11.3 Å². The highest BCUT2D eigenvalue weighted by molar-refractivity contribution is 7.15. The molecule has 0 aliphatic rings. The molecule has 0 spiro atoms. The van der Waals surface area contributed by atoms with Crippen LogP contribution >= 0.6 is 22.9 Å². The smallest absolute Gasteiger partial charge is 0.296 e. The second-order valence-corrected chi connectivity index (χ2v) is 6.98. The highest BCUT2D eigenvalue weighted by Crippen LogP contribution is 2.25. The molecule has 0 saturated carbocycles. The van der Waals surface area contributed by atoms with E-state index in [-0.39, 0.29) is 5.56 Å². The molecule has 0 aliphatic heterocycles. The Hall–Kier alpha value is -2.70. The monoisotopic (exact) mass is 383 g/mol.